The van der Waals surface area contributed by atoms with E-state index in [4.69, 9.17) is 0 Å². The summed E-state index contributed by atoms with van der Waals surface area (Å²) in [5.74, 6) is 1.46. The first-order valence-corrected chi connectivity index (χ1v) is 8.24. The SMILES string of the molecule is Cn1ccnc1SCCNc1ncc([N+](=O)[O-])c(NC2CC2)n1. The van der Waals surface area contributed by atoms with Crippen molar-refractivity contribution in [2.75, 3.05) is 22.9 Å². The first-order valence-electron chi connectivity index (χ1n) is 7.25. The van der Waals surface area contributed by atoms with Crippen molar-refractivity contribution < 1.29 is 4.92 Å². The van der Waals surface area contributed by atoms with Gasteiger partial charge in [0.05, 0.1) is 4.92 Å². The average molecular weight is 335 g/mol. The van der Waals surface area contributed by atoms with E-state index in [0.29, 0.717) is 12.5 Å². The molecule has 2 heterocycles. The predicted molar refractivity (Wildman–Crippen MR) is 87.8 cm³/mol. The van der Waals surface area contributed by atoms with Crippen LogP contribution in [0.4, 0.5) is 17.5 Å². The molecule has 3 rings (SSSR count). The molecule has 0 bridgehead atoms. The Morgan fingerprint density at radius 2 is 2.30 bits per heavy atom. The molecule has 0 aromatic carbocycles. The number of imidazole rings is 1. The Morgan fingerprint density at radius 3 is 2.96 bits per heavy atom. The van der Waals surface area contributed by atoms with Gasteiger partial charge < -0.3 is 15.2 Å². The molecule has 0 aliphatic heterocycles. The summed E-state index contributed by atoms with van der Waals surface area (Å²) in [6, 6.07) is 0.287. The first kappa shape index (κ1) is 15.5. The second kappa shape index (κ2) is 6.82. The minimum atomic E-state index is -0.467. The number of nitro groups is 1. The zero-order valence-corrected chi connectivity index (χ0v) is 13.4. The quantitative estimate of drug-likeness (QED) is 0.326. The number of hydrogen-bond donors (Lipinski definition) is 2. The van der Waals surface area contributed by atoms with Gasteiger partial charge in [-0.1, -0.05) is 11.8 Å². The van der Waals surface area contributed by atoms with Crippen molar-refractivity contribution in [2.45, 2.75) is 24.0 Å². The van der Waals surface area contributed by atoms with E-state index in [1.54, 1.807) is 18.0 Å². The summed E-state index contributed by atoms with van der Waals surface area (Å²) in [5, 5.41) is 18.1. The van der Waals surface area contributed by atoms with Gasteiger partial charge in [0, 0.05) is 37.8 Å². The Bertz CT molecular complexity index is 701. The Morgan fingerprint density at radius 1 is 1.48 bits per heavy atom. The zero-order valence-electron chi connectivity index (χ0n) is 12.6. The van der Waals surface area contributed by atoms with E-state index in [-0.39, 0.29) is 17.5 Å². The molecule has 1 fully saturated rings. The molecular formula is C13H17N7O2S. The number of hydrogen-bond acceptors (Lipinski definition) is 8. The average Bonchev–Trinajstić information content (AvgIpc) is 3.24. The van der Waals surface area contributed by atoms with Gasteiger partial charge in [-0.05, 0) is 12.8 Å². The van der Waals surface area contributed by atoms with Crippen molar-refractivity contribution >= 4 is 29.2 Å². The molecule has 1 aliphatic rings. The largest absolute Gasteiger partial charge is 0.361 e. The van der Waals surface area contributed by atoms with Crippen LogP contribution in [0, 0.1) is 10.1 Å². The van der Waals surface area contributed by atoms with Crippen molar-refractivity contribution in [2.24, 2.45) is 7.05 Å². The fourth-order valence-corrected chi connectivity index (χ4v) is 2.70. The minimum absolute atomic E-state index is 0.0927. The van der Waals surface area contributed by atoms with Gasteiger partial charge in [-0.2, -0.15) is 4.98 Å². The van der Waals surface area contributed by atoms with Gasteiger partial charge in [0.25, 0.3) is 0 Å². The van der Waals surface area contributed by atoms with E-state index < -0.39 is 4.92 Å². The summed E-state index contributed by atoms with van der Waals surface area (Å²) < 4.78 is 1.95. The lowest BCUT2D eigenvalue weighted by atomic mass is 10.4. The molecule has 0 saturated heterocycles. The van der Waals surface area contributed by atoms with Crippen LogP contribution in [0.5, 0.6) is 0 Å². The van der Waals surface area contributed by atoms with Crippen molar-refractivity contribution in [1.82, 2.24) is 19.5 Å². The number of anilines is 2. The number of aromatic nitrogens is 4. The summed E-state index contributed by atoms with van der Waals surface area (Å²) in [6.45, 7) is 0.637. The third-order valence-electron chi connectivity index (χ3n) is 3.28. The molecule has 2 N–H and O–H groups in total. The van der Waals surface area contributed by atoms with Crippen molar-refractivity contribution in [3.8, 4) is 0 Å². The Kier molecular flexibility index (Phi) is 4.60. The summed E-state index contributed by atoms with van der Waals surface area (Å²) in [7, 11) is 1.94. The van der Waals surface area contributed by atoms with Gasteiger partial charge in [-0.15, -0.1) is 0 Å². The standard InChI is InChI=1S/C13H17N7O2S/c1-19-6-4-15-13(19)23-7-5-14-12-16-8-10(20(21)22)11(18-12)17-9-2-3-9/h4,6,8-9H,2-3,5,7H2,1H3,(H2,14,16,17,18). The fraction of sp³-hybridized carbons (Fsp3) is 0.462. The van der Waals surface area contributed by atoms with Crippen LogP contribution in [0.3, 0.4) is 0 Å². The lowest BCUT2D eigenvalue weighted by molar-refractivity contribution is -0.384. The van der Waals surface area contributed by atoms with Gasteiger partial charge in [0.1, 0.15) is 6.20 Å². The highest BCUT2D eigenvalue weighted by molar-refractivity contribution is 7.99. The smallest absolute Gasteiger partial charge is 0.329 e. The number of nitrogens with one attached hydrogen (secondary N) is 2. The normalized spacial score (nSPS) is 13.8. The second-order valence-corrected chi connectivity index (χ2v) is 6.26. The van der Waals surface area contributed by atoms with Crippen molar-refractivity contribution in [3.05, 3.63) is 28.7 Å². The molecule has 2 aromatic rings. The minimum Gasteiger partial charge on any atom is -0.361 e. The molecular weight excluding hydrogens is 318 g/mol. The van der Waals surface area contributed by atoms with Crippen LogP contribution in [-0.4, -0.2) is 42.8 Å². The Hall–Kier alpha value is -2.36. The van der Waals surface area contributed by atoms with Crippen molar-refractivity contribution in [3.63, 3.8) is 0 Å². The highest BCUT2D eigenvalue weighted by Crippen LogP contribution is 2.29. The molecule has 10 heteroatoms. The Balaban J connectivity index is 1.56. The van der Waals surface area contributed by atoms with Crippen molar-refractivity contribution in [1.29, 1.82) is 0 Å². The maximum atomic E-state index is 11.0. The van der Waals surface area contributed by atoms with Gasteiger partial charge >= 0.3 is 5.69 Å². The van der Waals surface area contributed by atoms with Crippen LogP contribution in [0.1, 0.15) is 12.8 Å². The Labute approximate surface area is 137 Å². The topological polar surface area (TPSA) is 111 Å². The van der Waals surface area contributed by atoms with Gasteiger partial charge in [0.2, 0.25) is 11.8 Å². The third kappa shape index (κ3) is 4.09. The maximum absolute atomic E-state index is 11.0. The molecule has 2 aromatic heterocycles. The molecule has 0 atom stereocenters. The lowest BCUT2D eigenvalue weighted by Crippen LogP contribution is -2.12. The van der Waals surface area contributed by atoms with E-state index in [1.165, 1.54) is 6.20 Å². The summed E-state index contributed by atoms with van der Waals surface area (Å²) in [4.78, 5) is 23.0. The molecule has 23 heavy (non-hydrogen) atoms. The predicted octanol–water partition coefficient (Wildman–Crippen LogP) is 1.90. The number of nitrogens with zero attached hydrogens (tertiary/aromatic N) is 5. The van der Waals surface area contributed by atoms with Gasteiger partial charge in [-0.3, -0.25) is 10.1 Å². The second-order valence-electron chi connectivity index (χ2n) is 5.20. The number of aryl methyl sites for hydroxylation is 1. The number of rotatable bonds is 8. The highest BCUT2D eigenvalue weighted by Gasteiger charge is 2.26. The molecule has 1 aliphatic carbocycles. The summed E-state index contributed by atoms with van der Waals surface area (Å²) >= 11 is 1.62. The van der Waals surface area contributed by atoms with Gasteiger partial charge in [0.15, 0.2) is 5.16 Å². The third-order valence-corrected chi connectivity index (χ3v) is 4.34. The van der Waals surface area contributed by atoms with Gasteiger partial charge in [-0.25, -0.2) is 9.97 Å². The summed E-state index contributed by atoms with van der Waals surface area (Å²) in [5.41, 5.74) is -0.0927. The first-order chi connectivity index (χ1) is 11.1. The van der Waals surface area contributed by atoms with E-state index in [9.17, 15) is 10.1 Å². The molecule has 0 radical (unpaired) electrons. The van der Waals surface area contributed by atoms with E-state index in [0.717, 1.165) is 23.8 Å². The molecule has 122 valence electrons. The van der Waals surface area contributed by atoms with E-state index in [1.807, 2.05) is 17.8 Å². The fourth-order valence-electron chi connectivity index (χ4n) is 1.92. The van der Waals surface area contributed by atoms with Crippen LogP contribution in [0.15, 0.2) is 23.7 Å². The molecule has 0 amide bonds. The van der Waals surface area contributed by atoms with E-state index in [2.05, 4.69) is 25.6 Å². The molecule has 1 saturated carbocycles. The van der Waals surface area contributed by atoms with Crippen LogP contribution in [-0.2, 0) is 7.05 Å². The van der Waals surface area contributed by atoms with Crippen LogP contribution in [0.2, 0.25) is 0 Å². The maximum Gasteiger partial charge on any atom is 0.329 e. The highest BCUT2D eigenvalue weighted by atomic mass is 32.2. The lowest BCUT2D eigenvalue weighted by Gasteiger charge is -2.08. The zero-order chi connectivity index (χ0) is 16.2. The van der Waals surface area contributed by atoms with Crippen LogP contribution >= 0.6 is 11.8 Å². The van der Waals surface area contributed by atoms with Crippen LogP contribution < -0.4 is 10.6 Å². The van der Waals surface area contributed by atoms with Crippen LogP contribution in [0.25, 0.3) is 0 Å². The molecule has 9 nitrogen and oxygen atoms in total. The molecule has 0 unspecified atom stereocenters. The molecule has 0 spiro atoms. The monoisotopic (exact) mass is 335 g/mol. The summed E-state index contributed by atoms with van der Waals surface area (Å²) in [6.07, 6.45) is 6.93. The van der Waals surface area contributed by atoms with E-state index >= 15 is 0 Å². The number of thioether (sulfide) groups is 1.